The summed E-state index contributed by atoms with van der Waals surface area (Å²) in [4.78, 5) is 0. The third-order valence-corrected chi connectivity index (χ3v) is 7.86. The van der Waals surface area contributed by atoms with Crippen molar-refractivity contribution in [1.82, 2.24) is 0 Å². The molecule has 3 nitrogen and oxygen atoms in total. The minimum atomic E-state index is -0.0366. The van der Waals surface area contributed by atoms with E-state index in [0.29, 0.717) is 0 Å². The molecule has 0 amide bonds. The fourth-order valence-corrected chi connectivity index (χ4v) is 4.90. The Hall–Kier alpha value is -3.72. The smallest absolute Gasteiger partial charge is 0.129 e. The van der Waals surface area contributed by atoms with Gasteiger partial charge in [0.15, 0.2) is 0 Å². The predicted octanol–water partition coefficient (Wildman–Crippen LogP) is 12.2. The molecule has 0 aromatic heterocycles. The highest BCUT2D eigenvalue weighted by atomic mass is 16.5. The molecule has 4 rings (SSSR count). The molecule has 0 aliphatic heterocycles. The van der Waals surface area contributed by atoms with Crippen LogP contribution < -0.4 is 15.4 Å². The van der Waals surface area contributed by atoms with Gasteiger partial charge < -0.3 is 15.4 Å². The summed E-state index contributed by atoms with van der Waals surface area (Å²) in [6, 6.07) is 30.4. The summed E-state index contributed by atoms with van der Waals surface area (Å²) in [6.45, 7) is 26.9. The average molecular weight is 577 g/mol. The van der Waals surface area contributed by atoms with Gasteiger partial charge in [0.05, 0.1) is 0 Å². The minimum Gasteiger partial charge on any atom is -0.457 e. The van der Waals surface area contributed by atoms with Gasteiger partial charge >= 0.3 is 0 Å². The van der Waals surface area contributed by atoms with Crippen molar-refractivity contribution in [2.45, 2.75) is 105 Å². The molecule has 0 radical (unpaired) electrons. The van der Waals surface area contributed by atoms with Gasteiger partial charge in [-0.1, -0.05) is 107 Å². The third kappa shape index (κ3) is 8.66. The monoisotopic (exact) mass is 576 g/mol. The summed E-state index contributed by atoms with van der Waals surface area (Å²) in [5.74, 6) is 1.63. The number of anilines is 4. The molecule has 0 atom stereocenters. The van der Waals surface area contributed by atoms with E-state index in [1.807, 2.05) is 0 Å². The summed E-state index contributed by atoms with van der Waals surface area (Å²) in [6.07, 6.45) is 0. The number of hydrogen-bond acceptors (Lipinski definition) is 3. The maximum atomic E-state index is 6.65. The molecule has 0 aliphatic carbocycles. The van der Waals surface area contributed by atoms with E-state index in [1.165, 1.54) is 22.3 Å². The molecule has 0 bridgehead atoms. The first kappa shape index (κ1) is 32.2. The van der Waals surface area contributed by atoms with E-state index >= 15 is 0 Å². The van der Waals surface area contributed by atoms with Crippen molar-refractivity contribution in [2.24, 2.45) is 0 Å². The van der Waals surface area contributed by atoms with Crippen LogP contribution in [0.4, 0.5) is 22.7 Å². The highest BCUT2D eigenvalue weighted by Crippen LogP contribution is 2.37. The number of benzene rings is 4. The maximum Gasteiger partial charge on any atom is 0.129 e. The Bertz CT molecular complexity index is 1420. The molecule has 0 spiro atoms. The van der Waals surface area contributed by atoms with Crippen LogP contribution in [0, 0.1) is 0 Å². The third-order valence-electron chi connectivity index (χ3n) is 7.86. The molecule has 0 saturated carbocycles. The average Bonchev–Trinajstić information content (AvgIpc) is 2.87. The first-order valence-electron chi connectivity index (χ1n) is 15.5. The van der Waals surface area contributed by atoms with Gasteiger partial charge in [-0.3, -0.25) is 0 Å². The number of hydrogen-bond donors (Lipinski definition) is 2. The van der Waals surface area contributed by atoms with Crippen molar-refractivity contribution >= 4 is 22.7 Å². The van der Waals surface area contributed by atoms with Crippen LogP contribution >= 0.6 is 0 Å². The zero-order valence-electron chi connectivity index (χ0n) is 28.5. The molecule has 4 aromatic rings. The molecule has 3 heteroatoms. The zero-order valence-corrected chi connectivity index (χ0v) is 28.5. The van der Waals surface area contributed by atoms with Gasteiger partial charge in [-0.25, -0.2) is 0 Å². The normalized spacial score (nSPS) is 12.7. The van der Waals surface area contributed by atoms with Crippen LogP contribution in [0.25, 0.3) is 0 Å². The Morgan fingerprint density at radius 3 is 0.930 bits per heavy atom. The lowest BCUT2D eigenvalue weighted by molar-refractivity contribution is 0.475. The van der Waals surface area contributed by atoms with Gasteiger partial charge in [-0.15, -0.1) is 0 Å². The summed E-state index contributed by atoms with van der Waals surface area (Å²) >= 11 is 0. The molecular formula is C40H52N2O. The second-order valence-electron chi connectivity index (χ2n) is 16.0. The van der Waals surface area contributed by atoms with Crippen LogP contribution in [-0.2, 0) is 21.7 Å². The van der Waals surface area contributed by atoms with E-state index in [2.05, 4.69) is 179 Å². The lowest BCUT2D eigenvalue weighted by Crippen LogP contribution is -2.12. The van der Waals surface area contributed by atoms with E-state index < -0.39 is 0 Å². The number of ether oxygens (including phenoxy) is 1. The minimum absolute atomic E-state index is 0.0366. The van der Waals surface area contributed by atoms with Crippen LogP contribution in [0.15, 0.2) is 84.9 Å². The Labute approximate surface area is 261 Å². The summed E-state index contributed by atoms with van der Waals surface area (Å²) in [5, 5.41) is 7.25. The molecule has 0 aliphatic rings. The zero-order chi connectivity index (χ0) is 31.8. The fourth-order valence-electron chi connectivity index (χ4n) is 4.90. The van der Waals surface area contributed by atoms with E-state index in [1.54, 1.807) is 0 Å². The molecule has 0 fully saturated rings. The van der Waals surface area contributed by atoms with Crippen molar-refractivity contribution in [3.05, 3.63) is 107 Å². The van der Waals surface area contributed by atoms with Crippen molar-refractivity contribution in [3.8, 4) is 11.5 Å². The molecule has 0 unspecified atom stereocenters. The van der Waals surface area contributed by atoms with Crippen molar-refractivity contribution in [3.63, 3.8) is 0 Å². The predicted molar refractivity (Wildman–Crippen MR) is 187 cm³/mol. The summed E-state index contributed by atoms with van der Waals surface area (Å²) in [7, 11) is 0. The Balaban J connectivity index is 1.67. The first-order chi connectivity index (χ1) is 19.8. The molecule has 4 aromatic carbocycles. The fraction of sp³-hybridized carbons (Fsp3) is 0.400. The Kier molecular flexibility index (Phi) is 8.80. The summed E-state index contributed by atoms with van der Waals surface area (Å²) in [5.41, 5.74) is 9.37. The van der Waals surface area contributed by atoms with Crippen LogP contribution in [0.2, 0.25) is 0 Å². The molecule has 2 N–H and O–H groups in total. The van der Waals surface area contributed by atoms with E-state index in [9.17, 15) is 0 Å². The van der Waals surface area contributed by atoms with Crippen LogP contribution in [0.5, 0.6) is 11.5 Å². The first-order valence-corrected chi connectivity index (χ1v) is 15.5. The second-order valence-corrected chi connectivity index (χ2v) is 16.0. The van der Waals surface area contributed by atoms with E-state index in [-0.39, 0.29) is 21.7 Å². The SMILES string of the molecule is CC(C)(C)c1ccc(Nc2cc(Oc3cc(Nc4ccc(C(C)(C)C)cc4)cc(C(C)(C)C)c3)cc(C(C)(C)C)c2)cc1. The van der Waals surface area contributed by atoms with Crippen LogP contribution in [-0.4, -0.2) is 0 Å². The highest BCUT2D eigenvalue weighted by Gasteiger charge is 2.20. The largest absolute Gasteiger partial charge is 0.457 e. The molecule has 228 valence electrons. The van der Waals surface area contributed by atoms with Gasteiger partial charge in [0, 0.05) is 34.9 Å². The Morgan fingerprint density at radius 1 is 0.349 bits per heavy atom. The van der Waals surface area contributed by atoms with Gasteiger partial charge in [-0.05, 0) is 92.4 Å². The molecule has 0 heterocycles. The van der Waals surface area contributed by atoms with Crippen molar-refractivity contribution < 1.29 is 4.74 Å². The number of rotatable bonds is 6. The van der Waals surface area contributed by atoms with Crippen LogP contribution in [0.3, 0.4) is 0 Å². The highest BCUT2D eigenvalue weighted by molar-refractivity contribution is 5.66. The number of nitrogens with one attached hydrogen (secondary N) is 2. The molecule has 43 heavy (non-hydrogen) atoms. The maximum absolute atomic E-state index is 6.65. The van der Waals surface area contributed by atoms with Crippen molar-refractivity contribution in [2.75, 3.05) is 10.6 Å². The lowest BCUT2D eigenvalue weighted by atomic mass is 9.86. The topological polar surface area (TPSA) is 33.3 Å². The van der Waals surface area contributed by atoms with Gasteiger partial charge in [0.1, 0.15) is 11.5 Å². The second kappa shape index (κ2) is 11.8. The van der Waals surface area contributed by atoms with Gasteiger partial charge in [0.25, 0.3) is 0 Å². The quantitative estimate of drug-likeness (QED) is 0.239. The van der Waals surface area contributed by atoms with E-state index in [4.69, 9.17) is 4.74 Å². The van der Waals surface area contributed by atoms with Gasteiger partial charge in [0.2, 0.25) is 0 Å². The van der Waals surface area contributed by atoms with E-state index in [0.717, 1.165) is 34.2 Å². The lowest BCUT2D eigenvalue weighted by Gasteiger charge is -2.24. The summed E-state index contributed by atoms with van der Waals surface area (Å²) < 4.78 is 6.65. The van der Waals surface area contributed by atoms with Crippen molar-refractivity contribution in [1.29, 1.82) is 0 Å². The van der Waals surface area contributed by atoms with Gasteiger partial charge in [-0.2, -0.15) is 0 Å². The molecule has 0 saturated heterocycles. The van der Waals surface area contributed by atoms with Crippen LogP contribution in [0.1, 0.15) is 105 Å². The Morgan fingerprint density at radius 2 is 0.651 bits per heavy atom. The molecular weight excluding hydrogens is 524 g/mol. The standard InChI is InChI=1S/C40H52N2O/c1-37(2,3)27-13-17-31(18-14-27)41-33-21-29(39(7,8)9)23-35(25-33)43-36-24-30(40(10,11)12)22-34(26-36)42-32-19-15-28(16-20-32)38(4,5)6/h13-26,41-42H,1-12H3.